The van der Waals surface area contributed by atoms with Gasteiger partial charge in [0.1, 0.15) is 12.2 Å². The maximum absolute atomic E-state index is 13.8. The Kier molecular flexibility index (Phi) is 13.8. The molecule has 4 N–H and O–H groups in total. The van der Waals surface area contributed by atoms with Gasteiger partial charge in [0.2, 0.25) is 0 Å². The van der Waals surface area contributed by atoms with Gasteiger partial charge in [0.15, 0.2) is 0 Å². The number of halogens is 3. The fraction of sp³-hybridized carbons (Fsp3) is 0.378. The lowest BCUT2D eigenvalue weighted by Crippen LogP contribution is -2.57. The van der Waals surface area contributed by atoms with E-state index in [1.807, 2.05) is 36.6 Å². The zero-order valence-electron chi connectivity index (χ0n) is 29.7. The Bertz CT molecular complexity index is 1770. The van der Waals surface area contributed by atoms with Crippen LogP contribution in [0.2, 0.25) is 0 Å². The van der Waals surface area contributed by atoms with Crippen molar-refractivity contribution in [2.75, 3.05) is 18.1 Å². The minimum atomic E-state index is -4.82. The number of hydrogen-bond acceptors (Lipinski definition) is 8. The molecule has 1 fully saturated rings. The molecule has 1 saturated carbocycles. The Hall–Kier alpha value is -5.25. The standard InChI is InChI=1S/C37H42F3N5O7S/c1-36(2,3)52-35(50)43-30-18-15-25(37(38,39)40)19-29(30)33(48)41-21-31(46)45(44-32(47)24-13-16-28(53-4)17-14-24)27-12-8-11-26(20-27)42-34(49)51-22-23-9-6-5-7-10-23/h5-7,9-10,13-19,26-27H,8,11-12,20-22H2,1-4H3,(H,41,48)(H,42,49)(H,43,50)(H,44,47). The highest BCUT2D eigenvalue weighted by Gasteiger charge is 2.34. The van der Waals surface area contributed by atoms with E-state index in [0.29, 0.717) is 31.4 Å². The van der Waals surface area contributed by atoms with E-state index in [1.165, 1.54) is 11.8 Å². The van der Waals surface area contributed by atoms with Gasteiger partial charge < -0.3 is 20.1 Å². The average molecular weight is 758 g/mol. The lowest BCUT2D eigenvalue weighted by molar-refractivity contribution is -0.138. The number of nitrogens with zero attached hydrogens (tertiary/aromatic N) is 1. The summed E-state index contributed by atoms with van der Waals surface area (Å²) >= 11 is 1.48. The van der Waals surface area contributed by atoms with Crippen LogP contribution >= 0.6 is 11.8 Å². The summed E-state index contributed by atoms with van der Waals surface area (Å²) in [5.41, 5.74) is 0.735. The molecule has 2 unspecified atom stereocenters. The molecule has 0 aliphatic heterocycles. The van der Waals surface area contributed by atoms with Gasteiger partial charge in [-0.1, -0.05) is 30.3 Å². The van der Waals surface area contributed by atoms with Crippen molar-refractivity contribution < 1.29 is 46.6 Å². The number of thioether (sulfide) groups is 1. The first kappa shape index (κ1) is 40.5. The second kappa shape index (κ2) is 18.0. The minimum absolute atomic E-state index is 0.0550. The van der Waals surface area contributed by atoms with Crippen LogP contribution in [0.3, 0.4) is 0 Å². The van der Waals surface area contributed by atoms with E-state index in [1.54, 1.807) is 45.0 Å². The normalized spacial score (nSPS) is 15.8. The van der Waals surface area contributed by atoms with E-state index in [-0.39, 0.29) is 24.3 Å². The van der Waals surface area contributed by atoms with E-state index in [4.69, 9.17) is 9.47 Å². The van der Waals surface area contributed by atoms with E-state index in [2.05, 4.69) is 21.4 Å². The van der Waals surface area contributed by atoms with Gasteiger partial charge in [0.25, 0.3) is 17.7 Å². The molecule has 5 amide bonds. The van der Waals surface area contributed by atoms with Crippen LogP contribution in [0, 0.1) is 0 Å². The van der Waals surface area contributed by atoms with Crippen molar-refractivity contribution >= 4 is 47.4 Å². The summed E-state index contributed by atoms with van der Waals surface area (Å²) < 4.78 is 51.4. The molecule has 2 atom stereocenters. The third-order valence-corrected chi connectivity index (χ3v) is 8.76. The molecule has 284 valence electrons. The molecule has 1 aliphatic carbocycles. The average Bonchev–Trinajstić information content (AvgIpc) is 3.11. The number of rotatable bonds is 10. The lowest BCUT2D eigenvalue weighted by Gasteiger charge is -2.37. The van der Waals surface area contributed by atoms with Gasteiger partial charge in [-0.15, -0.1) is 11.8 Å². The molecule has 16 heteroatoms. The third kappa shape index (κ3) is 12.4. The van der Waals surface area contributed by atoms with E-state index in [0.717, 1.165) is 21.5 Å². The first-order valence-electron chi connectivity index (χ1n) is 16.8. The number of alkyl halides is 3. The number of alkyl carbamates (subject to hydrolysis) is 1. The topological polar surface area (TPSA) is 155 Å². The summed E-state index contributed by atoms with van der Waals surface area (Å²) in [4.78, 5) is 66.5. The number of nitrogens with one attached hydrogen (secondary N) is 4. The number of anilines is 1. The highest BCUT2D eigenvalue weighted by Crippen LogP contribution is 2.32. The van der Waals surface area contributed by atoms with E-state index in [9.17, 15) is 37.1 Å². The number of ether oxygens (including phenoxy) is 2. The monoisotopic (exact) mass is 757 g/mol. The molecule has 0 bridgehead atoms. The molecule has 53 heavy (non-hydrogen) atoms. The molecule has 0 heterocycles. The van der Waals surface area contributed by atoms with Crippen LogP contribution in [-0.2, 0) is 27.1 Å². The molecule has 0 aromatic heterocycles. The fourth-order valence-electron chi connectivity index (χ4n) is 5.50. The van der Waals surface area contributed by atoms with Crippen molar-refractivity contribution in [3.8, 4) is 0 Å². The summed E-state index contributed by atoms with van der Waals surface area (Å²) in [7, 11) is 0. The zero-order valence-corrected chi connectivity index (χ0v) is 30.5. The molecule has 12 nitrogen and oxygen atoms in total. The number of benzene rings is 3. The lowest BCUT2D eigenvalue weighted by atomic mass is 9.90. The van der Waals surface area contributed by atoms with Crippen LogP contribution in [0.5, 0.6) is 0 Å². The van der Waals surface area contributed by atoms with Crippen molar-refractivity contribution in [2.24, 2.45) is 0 Å². The molecule has 0 spiro atoms. The van der Waals surface area contributed by atoms with Crippen molar-refractivity contribution in [2.45, 2.75) is 81.8 Å². The fourth-order valence-corrected chi connectivity index (χ4v) is 5.91. The van der Waals surface area contributed by atoms with E-state index < -0.39 is 71.4 Å². The maximum Gasteiger partial charge on any atom is 0.416 e. The SMILES string of the molecule is CSc1ccc(C(=O)NN(C(=O)CNC(=O)c2cc(C(F)(F)F)ccc2NC(=O)OC(C)(C)C)C2CCCC(NC(=O)OCc3ccccc3)C2)cc1. The predicted octanol–water partition coefficient (Wildman–Crippen LogP) is 6.92. The Morgan fingerprint density at radius 3 is 2.23 bits per heavy atom. The van der Waals surface area contributed by atoms with Crippen LogP contribution in [0.1, 0.15) is 78.3 Å². The summed E-state index contributed by atoms with van der Waals surface area (Å²) in [6.45, 7) is 4.08. The molecule has 4 rings (SSSR count). The van der Waals surface area contributed by atoms with Gasteiger partial charge in [-0.3, -0.25) is 25.1 Å². The van der Waals surface area contributed by atoms with Crippen molar-refractivity contribution in [1.82, 2.24) is 21.1 Å². The molecule has 3 aromatic rings. The summed E-state index contributed by atoms with van der Waals surface area (Å²) in [5.74, 6) is -2.49. The minimum Gasteiger partial charge on any atom is -0.445 e. The number of amides is 5. The van der Waals surface area contributed by atoms with Crippen LogP contribution in [0.4, 0.5) is 28.4 Å². The Morgan fingerprint density at radius 2 is 1.58 bits per heavy atom. The van der Waals surface area contributed by atoms with Gasteiger partial charge in [0, 0.05) is 16.5 Å². The highest BCUT2D eigenvalue weighted by molar-refractivity contribution is 7.98. The quantitative estimate of drug-likeness (QED) is 0.128. The summed E-state index contributed by atoms with van der Waals surface area (Å²) in [6, 6.07) is 16.9. The van der Waals surface area contributed by atoms with Gasteiger partial charge in [-0.25, -0.2) is 14.6 Å². The first-order valence-corrected chi connectivity index (χ1v) is 18.0. The molecule has 1 aliphatic rings. The Balaban J connectivity index is 1.51. The van der Waals surface area contributed by atoms with Crippen LogP contribution in [0.25, 0.3) is 0 Å². The number of carbonyl (C=O) groups excluding carboxylic acids is 5. The molecule has 0 saturated heterocycles. The van der Waals surface area contributed by atoms with Crippen LogP contribution in [0.15, 0.2) is 77.7 Å². The van der Waals surface area contributed by atoms with Gasteiger partial charge in [-0.05, 0) is 101 Å². The summed E-state index contributed by atoms with van der Waals surface area (Å²) in [6.07, 6.45) is -2.81. The second-order valence-electron chi connectivity index (χ2n) is 13.2. The van der Waals surface area contributed by atoms with Crippen molar-refractivity contribution in [3.05, 3.63) is 95.1 Å². The Morgan fingerprint density at radius 1 is 0.887 bits per heavy atom. The first-order chi connectivity index (χ1) is 25.0. The molecular weight excluding hydrogens is 715 g/mol. The van der Waals surface area contributed by atoms with E-state index >= 15 is 0 Å². The summed E-state index contributed by atoms with van der Waals surface area (Å²) in [5, 5.41) is 8.52. The Labute approximate surface area is 309 Å². The number of hydrogen-bond donors (Lipinski definition) is 4. The molecular formula is C37H42F3N5O7S. The third-order valence-electron chi connectivity index (χ3n) is 8.02. The number of carbonyl (C=O) groups is 5. The van der Waals surface area contributed by atoms with Crippen molar-refractivity contribution in [1.29, 1.82) is 0 Å². The highest BCUT2D eigenvalue weighted by atomic mass is 32.2. The maximum atomic E-state index is 13.8. The largest absolute Gasteiger partial charge is 0.445 e. The molecule has 0 radical (unpaired) electrons. The smallest absolute Gasteiger partial charge is 0.416 e. The van der Waals surface area contributed by atoms with Gasteiger partial charge >= 0.3 is 18.4 Å². The van der Waals surface area contributed by atoms with Crippen molar-refractivity contribution in [3.63, 3.8) is 0 Å². The van der Waals surface area contributed by atoms with Gasteiger partial charge in [0.05, 0.1) is 29.4 Å². The number of hydrazine groups is 1. The molecule has 3 aromatic carbocycles. The zero-order chi connectivity index (χ0) is 38.8. The van der Waals surface area contributed by atoms with Crippen LogP contribution < -0.4 is 21.4 Å². The second-order valence-corrected chi connectivity index (χ2v) is 14.1. The van der Waals surface area contributed by atoms with Gasteiger partial charge in [-0.2, -0.15) is 13.2 Å². The van der Waals surface area contributed by atoms with Crippen LogP contribution in [-0.4, -0.2) is 65.4 Å². The predicted molar refractivity (Wildman–Crippen MR) is 192 cm³/mol.